The molecule has 0 aliphatic heterocycles. The van der Waals surface area contributed by atoms with Crippen molar-refractivity contribution in [3.05, 3.63) is 35.5 Å². The first kappa shape index (κ1) is 10.8. The van der Waals surface area contributed by atoms with Gasteiger partial charge in [0.25, 0.3) is 0 Å². The number of hydrogen-bond donors (Lipinski definition) is 2. The smallest absolute Gasteiger partial charge is 0.0456 e. The van der Waals surface area contributed by atoms with Crippen LogP contribution in [0, 0.1) is 0 Å². The Bertz CT molecular complexity index is 507. The molecule has 90 valence electrons. The third kappa shape index (κ3) is 2.09. The van der Waals surface area contributed by atoms with Gasteiger partial charge in [0.2, 0.25) is 0 Å². The van der Waals surface area contributed by atoms with Crippen molar-refractivity contribution in [1.29, 1.82) is 0 Å². The van der Waals surface area contributed by atoms with Crippen molar-refractivity contribution in [2.45, 2.75) is 38.0 Å². The number of H-pyrrole nitrogens is 1. The zero-order chi connectivity index (χ0) is 11.7. The highest BCUT2D eigenvalue weighted by Crippen LogP contribution is 2.35. The van der Waals surface area contributed by atoms with Crippen LogP contribution >= 0.6 is 0 Å². The third-order valence-corrected chi connectivity index (χ3v) is 3.93. The van der Waals surface area contributed by atoms with E-state index in [2.05, 4.69) is 29.2 Å². The molecule has 17 heavy (non-hydrogen) atoms. The molecular weight excluding hydrogens is 208 g/mol. The minimum absolute atomic E-state index is 0.728. The van der Waals surface area contributed by atoms with Gasteiger partial charge in [0, 0.05) is 11.2 Å². The fourth-order valence-corrected chi connectivity index (χ4v) is 2.98. The Morgan fingerprint density at radius 2 is 2.00 bits per heavy atom. The first-order valence-electron chi connectivity index (χ1n) is 6.68. The number of aromatic amines is 1. The molecule has 0 bridgehead atoms. The summed E-state index contributed by atoms with van der Waals surface area (Å²) in [6, 6.07) is 8.99. The van der Waals surface area contributed by atoms with E-state index in [0.29, 0.717) is 0 Å². The number of nitrogens with two attached hydrogens (primary N) is 1. The van der Waals surface area contributed by atoms with Crippen molar-refractivity contribution < 1.29 is 0 Å². The molecule has 1 heterocycles. The summed E-state index contributed by atoms with van der Waals surface area (Å²) in [4.78, 5) is 3.58. The first-order valence-corrected chi connectivity index (χ1v) is 6.68. The van der Waals surface area contributed by atoms with Crippen LogP contribution in [0.25, 0.3) is 10.9 Å². The Balaban J connectivity index is 1.94. The number of nitrogens with one attached hydrogen (secondary N) is 1. The van der Waals surface area contributed by atoms with Crippen LogP contribution in [-0.4, -0.2) is 11.5 Å². The molecule has 1 saturated carbocycles. The van der Waals surface area contributed by atoms with Crippen molar-refractivity contribution in [2.75, 3.05) is 6.54 Å². The molecule has 2 heteroatoms. The quantitative estimate of drug-likeness (QED) is 0.831. The molecule has 1 aliphatic rings. The molecule has 1 aromatic carbocycles. The average molecular weight is 228 g/mol. The predicted octanol–water partition coefficient (Wildman–Crippen LogP) is 3.33. The Labute approximate surface area is 102 Å². The molecule has 0 spiro atoms. The number of fused-ring (bicyclic) bond motifs is 1. The van der Waals surface area contributed by atoms with Crippen LogP contribution in [-0.2, 0) is 6.42 Å². The monoisotopic (exact) mass is 228 g/mol. The van der Waals surface area contributed by atoms with Gasteiger partial charge in [-0.1, -0.05) is 18.9 Å². The fraction of sp³-hybridized carbons (Fsp3) is 0.467. The van der Waals surface area contributed by atoms with Crippen molar-refractivity contribution in [3.8, 4) is 0 Å². The molecule has 0 saturated heterocycles. The van der Waals surface area contributed by atoms with E-state index in [1.54, 1.807) is 0 Å². The highest BCUT2D eigenvalue weighted by atomic mass is 14.7. The van der Waals surface area contributed by atoms with Crippen molar-refractivity contribution in [3.63, 3.8) is 0 Å². The van der Waals surface area contributed by atoms with E-state index < -0.39 is 0 Å². The summed E-state index contributed by atoms with van der Waals surface area (Å²) >= 11 is 0. The zero-order valence-electron chi connectivity index (χ0n) is 10.2. The number of hydrogen-bond acceptors (Lipinski definition) is 1. The van der Waals surface area contributed by atoms with Crippen molar-refractivity contribution in [2.24, 2.45) is 5.73 Å². The SMILES string of the molecule is NCCc1ccc2[nH]c(C3CCCC3)cc2c1. The van der Waals surface area contributed by atoms with Crippen molar-refractivity contribution in [1.82, 2.24) is 4.98 Å². The maximum Gasteiger partial charge on any atom is 0.0456 e. The largest absolute Gasteiger partial charge is 0.358 e. The van der Waals surface area contributed by atoms with Crippen LogP contribution in [0.3, 0.4) is 0 Å². The summed E-state index contributed by atoms with van der Waals surface area (Å²) in [6.07, 6.45) is 6.45. The van der Waals surface area contributed by atoms with Crippen LogP contribution in [0.1, 0.15) is 42.9 Å². The van der Waals surface area contributed by atoms with Gasteiger partial charge in [-0.05, 0) is 60.9 Å². The van der Waals surface area contributed by atoms with E-state index in [1.807, 2.05) is 0 Å². The first-order chi connectivity index (χ1) is 8.36. The van der Waals surface area contributed by atoms with E-state index in [0.717, 1.165) is 18.9 Å². The van der Waals surface area contributed by atoms with Crippen molar-refractivity contribution >= 4 is 10.9 Å². The average Bonchev–Trinajstić information content (AvgIpc) is 2.97. The lowest BCUT2D eigenvalue weighted by molar-refractivity contribution is 0.705. The molecule has 1 aromatic heterocycles. The fourth-order valence-electron chi connectivity index (χ4n) is 2.98. The van der Waals surface area contributed by atoms with Gasteiger partial charge in [-0.3, -0.25) is 0 Å². The lowest BCUT2D eigenvalue weighted by Gasteiger charge is -2.04. The van der Waals surface area contributed by atoms with Gasteiger partial charge >= 0.3 is 0 Å². The Morgan fingerprint density at radius 3 is 2.76 bits per heavy atom. The highest BCUT2D eigenvalue weighted by molar-refractivity contribution is 5.81. The van der Waals surface area contributed by atoms with Gasteiger partial charge in [0.1, 0.15) is 0 Å². The second kappa shape index (κ2) is 4.53. The number of aromatic nitrogens is 1. The Morgan fingerprint density at radius 1 is 1.18 bits per heavy atom. The Kier molecular flexibility index (Phi) is 2.89. The molecule has 2 nitrogen and oxygen atoms in total. The molecule has 2 aromatic rings. The molecule has 0 atom stereocenters. The maximum atomic E-state index is 5.60. The predicted molar refractivity (Wildman–Crippen MR) is 72.3 cm³/mol. The summed E-state index contributed by atoms with van der Waals surface area (Å²) < 4.78 is 0. The molecule has 3 N–H and O–H groups in total. The number of benzene rings is 1. The summed E-state index contributed by atoms with van der Waals surface area (Å²) in [5, 5.41) is 1.35. The van der Waals surface area contributed by atoms with Crippen LogP contribution in [0.15, 0.2) is 24.3 Å². The van der Waals surface area contributed by atoms with Gasteiger partial charge in [0.05, 0.1) is 0 Å². The molecular formula is C15H20N2. The van der Waals surface area contributed by atoms with Crippen LogP contribution < -0.4 is 5.73 Å². The normalized spacial score (nSPS) is 17.0. The van der Waals surface area contributed by atoms with Crippen LogP contribution in [0.4, 0.5) is 0 Å². The molecule has 0 amide bonds. The lowest BCUT2D eigenvalue weighted by Crippen LogP contribution is -2.02. The topological polar surface area (TPSA) is 41.8 Å². The lowest BCUT2D eigenvalue weighted by atomic mass is 10.0. The van der Waals surface area contributed by atoms with E-state index in [4.69, 9.17) is 5.73 Å². The minimum Gasteiger partial charge on any atom is -0.358 e. The second-order valence-electron chi connectivity index (χ2n) is 5.17. The molecule has 0 unspecified atom stereocenters. The maximum absolute atomic E-state index is 5.60. The van der Waals surface area contributed by atoms with E-state index in [-0.39, 0.29) is 0 Å². The van der Waals surface area contributed by atoms with Gasteiger partial charge in [-0.25, -0.2) is 0 Å². The van der Waals surface area contributed by atoms with Gasteiger partial charge < -0.3 is 10.7 Å². The summed E-state index contributed by atoms with van der Waals surface area (Å²) in [5.74, 6) is 0.764. The van der Waals surface area contributed by atoms with Crippen LogP contribution in [0.5, 0.6) is 0 Å². The second-order valence-corrected chi connectivity index (χ2v) is 5.17. The minimum atomic E-state index is 0.728. The number of rotatable bonds is 3. The molecule has 1 fully saturated rings. The van der Waals surface area contributed by atoms with Crippen LogP contribution in [0.2, 0.25) is 0 Å². The standard InChI is InChI=1S/C15H20N2/c16-8-7-11-5-6-14-13(9-11)10-15(17-14)12-3-1-2-4-12/h5-6,9-10,12,17H,1-4,7-8,16H2. The van der Waals surface area contributed by atoms with E-state index in [1.165, 1.54) is 47.8 Å². The van der Waals surface area contributed by atoms with E-state index in [9.17, 15) is 0 Å². The summed E-state index contributed by atoms with van der Waals surface area (Å²) in [6.45, 7) is 0.728. The van der Waals surface area contributed by atoms with E-state index >= 15 is 0 Å². The summed E-state index contributed by atoms with van der Waals surface area (Å²) in [5.41, 5.74) is 9.65. The summed E-state index contributed by atoms with van der Waals surface area (Å²) in [7, 11) is 0. The van der Waals surface area contributed by atoms with Gasteiger partial charge in [-0.15, -0.1) is 0 Å². The third-order valence-electron chi connectivity index (χ3n) is 3.93. The molecule has 0 radical (unpaired) electrons. The Hall–Kier alpha value is -1.28. The van der Waals surface area contributed by atoms with Gasteiger partial charge in [0.15, 0.2) is 0 Å². The molecule has 1 aliphatic carbocycles. The highest BCUT2D eigenvalue weighted by Gasteiger charge is 2.18. The zero-order valence-corrected chi connectivity index (χ0v) is 10.2. The van der Waals surface area contributed by atoms with Gasteiger partial charge in [-0.2, -0.15) is 0 Å². The molecule has 3 rings (SSSR count).